The zero-order chi connectivity index (χ0) is 21.9. The Labute approximate surface area is 185 Å². The Morgan fingerprint density at radius 3 is 2.69 bits per heavy atom. The average molecular weight is 432 g/mol. The van der Waals surface area contributed by atoms with Gasteiger partial charge in [-0.3, -0.25) is 4.79 Å². The van der Waals surface area contributed by atoms with Gasteiger partial charge in [0.05, 0.1) is 37.1 Å². The molecular weight excluding hydrogens is 408 g/mol. The van der Waals surface area contributed by atoms with E-state index in [-0.39, 0.29) is 5.91 Å². The summed E-state index contributed by atoms with van der Waals surface area (Å²) < 4.78 is 10.8. The third-order valence-electron chi connectivity index (χ3n) is 5.53. The number of anilines is 2. The summed E-state index contributed by atoms with van der Waals surface area (Å²) in [5, 5.41) is 3.52. The molecule has 2 aliphatic heterocycles. The number of fused-ring (bicyclic) bond motifs is 1. The molecule has 4 heterocycles. The van der Waals surface area contributed by atoms with E-state index in [4.69, 9.17) is 24.4 Å². The lowest BCUT2D eigenvalue weighted by molar-refractivity contribution is 0.0963. The van der Waals surface area contributed by atoms with Gasteiger partial charge >= 0.3 is 0 Å². The summed E-state index contributed by atoms with van der Waals surface area (Å²) >= 11 is 0. The Kier molecular flexibility index (Phi) is 5.55. The van der Waals surface area contributed by atoms with Crippen molar-refractivity contribution in [3.05, 3.63) is 54.4 Å². The second-order valence-electron chi connectivity index (χ2n) is 7.52. The van der Waals surface area contributed by atoms with E-state index in [1.807, 2.05) is 36.5 Å². The number of nitrogens with zero attached hydrogens (tertiary/aromatic N) is 5. The van der Waals surface area contributed by atoms with Crippen molar-refractivity contribution in [1.82, 2.24) is 20.3 Å². The van der Waals surface area contributed by atoms with Crippen LogP contribution in [0, 0.1) is 0 Å². The molecule has 32 heavy (non-hydrogen) atoms. The summed E-state index contributed by atoms with van der Waals surface area (Å²) in [6.45, 7) is 4.05. The fraction of sp³-hybridized carbons (Fsp3) is 0.304. The van der Waals surface area contributed by atoms with E-state index in [2.05, 4.69) is 15.1 Å². The van der Waals surface area contributed by atoms with Crippen LogP contribution in [0.1, 0.15) is 10.4 Å². The number of benzene rings is 1. The fourth-order valence-electron chi connectivity index (χ4n) is 3.82. The van der Waals surface area contributed by atoms with Crippen molar-refractivity contribution in [1.29, 1.82) is 0 Å². The topological polar surface area (TPSA) is 92.7 Å². The third kappa shape index (κ3) is 3.94. The van der Waals surface area contributed by atoms with Crippen LogP contribution in [0.4, 0.5) is 11.8 Å². The van der Waals surface area contributed by atoms with E-state index in [0.29, 0.717) is 43.5 Å². The van der Waals surface area contributed by atoms with Gasteiger partial charge in [-0.25, -0.2) is 4.98 Å². The number of rotatable bonds is 4. The first-order valence-corrected chi connectivity index (χ1v) is 10.6. The van der Waals surface area contributed by atoms with Crippen molar-refractivity contribution in [3.8, 4) is 11.3 Å². The molecule has 1 saturated heterocycles. The fourth-order valence-corrected chi connectivity index (χ4v) is 3.82. The molecule has 1 N–H and O–H groups in total. The van der Waals surface area contributed by atoms with Gasteiger partial charge in [-0.05, 0) is 24.3 Å². The number of pyridine rings is 1. The van der Waals surface area contributed by atoms with Crippen LogP contribution < -0.4 is 15.1 Å². The van der Waals surface area contributed by atoms with Crippen molar-refractivity contribution in [2.45, 2.75) is 0 Å². The maximum Gasteiger partial charge on any atom is 0.251 e. The summed E-state index contributed by atoms with van der Waals surface area (Å²) in [6, 6.07) is 11.3. The van der Waals surface area contributed by atoms with Gasteiger partial charge < -0.3 is 24.6 Å². The maximum atomic E-state index is 12.1. The normalized spacial score (nSPS) is 16.2. The van der Waals surface area contributed by atoms with Crippen LogP contribution in [-0.4, -0.2) is 67.4 Å². The molecule has 2 aromatic heterocycles. The predicted octanol–water partition coefficient (Wildman–Crippen LogP) is 2.20. The van der Waals surface area contributed by atoms with E-state index in [1.54, 1.807) is 19.4 Å². The SMILES string of the molecule is CNC(=O)c1cccc(-c2ccc3c(N4C=COCC4)nc(N4CCOCC4)nc3n2)c1. The van der Waals surface area contributed by atoms with Gasteiger partial charge in [0, 0.05) is 37.5 Å². The maximum absolute atomic E-state index is 12.1. The standard InChI is InChI=1S/C23H24N6O3/c1-24-22(30)17-4-2-3-16(15-17)19-6-5-18-20(25-19)26-23(29-9-13-32-14-10-29)27-21(18)28-7-11-31-12-8-28/h2-7,11,15H,8-10,12-14H2,1H3,(H,24,30). The first-order chi connectivity index (χ1) is 15.7. The number of morpholine rings is 1. The van der Waals surface area contributed by atoms with Crippen LogP contribution in [0.2, 0.25) is 0 Å². The summed E-state index contributed by atoms with van der Waals surface area (Å²) in [7, 11) is 1.62. The molecule has 0 atom stereocenters. The van der Waals surface area contributed by atoms with Gasteiger partial charge in [-0.2, -0.15) is 9.97 Å². The number of nitrogens with one attached hydrogen (secondary N) is 1. The molecule has 2 aliphatic rings. The van der Waals surface area contributed by atoms with E-state index in [0.717, 1.165) is 35.6 Å². The number of ether oxygens (including phenoxy) is 2. The van der Waals surface area contributed by atoms with Gasteiger partial charge in [-0.15, -0.1) is 0 Å². The van der Waals surface area contributed by atoms with E-state index in [1.165, 1.54) is 0 Å². The van der Waals surface area contributed by atoms with Crippen molar-refractivity contribution in [3.63, 3.8) is 0 Å². The first kappa shape index (κ1) is 20.2. The highest BCUT2D eigenvalue weighted by molar-refractivity contribution is 5.95. The Balaban J connectivity index is 1.62. The molecule has 5 rings (SSSR count). The third-order valence-corrected chi connectivity index (χ3v) is 5.53. The lowest BCUT2D eigenvalue weighted by atomic mass is 10.1. The average Bonchev–Trinajstić information content (AvgIpc) is 2.88. The van der Waals surface area contributed by atoms with Crippen LogP contribution in [0.15, 0.2) is 48.9 Å². The van der Waals surface area contributed by atoms with Gasteiger partial charge in [0.25, 0.3) is 5.91 Å². The minimum Gasteiger partial charge on any atom is -0.498 e. The Morgan fingerprint density at radius 1 is 1.03 bits per heavy atom. The smallest absolute Gasteiger partial charge is 0.251 e. The van der Waals surface area contributed by atoms with Crippen LogP contribution >= 0.6 is 0 Å². The number of aromatic nitrogens is 3. The summed E-state index contributed by atoms with van der Waals surface area (Å²) in [4.78, 5) is 30.8. The molecule has 9 heteroatoms. The van der Waals surface area contributed by atoms with E-state index < -0.39 is 0 Å². The van der Waals surface area contributed by atoms with Crippen molar-refractivity contribution in [2.24, 2.45) is 0 Å². The van der Waals surface area contributed by atoms with E-state index in [9.17, 15) is 4.79 Å². The van der Waals surface area contributed by atoms with Gasteiger partial charge in [0.1, 0.15) is 12.4 Å². The first-order valence-electron chi connectivity index (χ1n) is 10.6. The molecule has 0 radical (unpaired) electrons. The lowest BCUT2D eigenvalue weighted by Gasteiger charge is -2.29. The zero-order valence-corrected chi connectivity index (χ0v) is 17.8. The minimum absolute atomic E-state index is 0.133. The highest BCUT2D eigenvalue weighted by Gasteiger charge is 2.21. The monoisotopic (exact) mass is 432 g/mol. The molecular formula is C23H24N6O3. The highest BCUT2D eigenvalue weighted by Crippen LogP contribution is 2.29. The molecule has 164 valence electrons. The van der Waals surface area contributed by atoms with Crippen LogP contribution in [0.5, 0.6) is 0 Å². The summed E-state index contributed by atoms with van der Waals surface area (Å²) in [5.74, 6) is 1.31. The van der Waals surface area contributed by atoms with Gasteiger partial charge in [-0.1, -0.05) is 12.1 Å². The second kappa shape index (κ2) is 8.80. The predicted molar refractivity (Wildman–Crippen MR) is 122 cm³/mol. The molecule has 0 saturated carbocycles. The second-order valence-corrected chi connectivity index (χ2v) is 7.52. The highest BCUT2D eigenvalue weighted by atomic mass is 16.5. The van der Waals surface area contributed by atoms with Gasteiger partial charge in [0.15, 0.2) is 5.65 Å². The van der Waals surface area contributed by atoms with Crippen LogP contribution in [-0.2, 0) is 9.47 Å². The number of hydrogen-bond donors (Lipinski definition) is 1. The van der Waals surface area contributed by atoms with Gasteiger partial charge in [0.2, 0.25) is 5.95 Å². The van der Waals surface area contributed by atoms with Crippen LogP contribution in [0.3, 0.4) is 0 Å². The number of carbonyl (C=O) groups excluding carboxylic acids is 1. The molecule has 1 aromatic carbocycles. The molecule has 9 nitrogen and oxygen atoms in total. The van der Waals surface area contributed by atoms with Crippen molar-refractivity contribution >= 4 is 28.7 Å². The molecule has 0 aliphatic carbocycles. The number of hydrogen-bond acceptors (Lipinski definition) is 8. The molecule has 0 bridgehead atoms. The van der Waals surface area contributed by atoms with Crippen LogP contribution in [0.25, 0.3) is 22.3 Å². The lowest BCUT2D eigenvalue weighted by Crippen LogP contribution is -2.37. The Bertz CT molecular complexity index is 1180. The summed E-state index contributed by atoms with van der Waals surface area (Å²) in [6.07, 6.45) is 3.56. The minimum atomic E-state index is -0.133. The van der Waals surface area contributed by atoms with E-state index >= 15 is 0 Å². The quantitative estimate of drug-likeness (QED) is 0.671. The molecule has 1 fully saturated rings. The Morgan fingerprint density at radius 2 is 1.91 bits per heavy atom. The van der Waals surface area contributed by atoms with Crippen molar-refractivity contribution in [2.75, 3.05) is 56.3 Å². The largest absolute Gasteiger partial charge is 0.498 e. The molecule has 1 amide bonds. The molecule has 3 aromatic rings. The zero-order valence-electron chi connectivity index (χ0n) is 17.8. The number of carbonyl (C=O) groups is 1. The Hall–Kier alpha value is -3.72. The molecule has 0 spiro atoms. The van der Waals surface area contributed by atoms with Crippen molar-refractivity contribution < 1.29 is 14.3 Å². The summed E-state index contributed by atoms with van der Waals surface area (Å²) in [5.41, 5.74) is 2.80. The number of amides is 1. The molecule has 0 unspecified atom stereocenters.